The van der Waals surface area contributed by atoms with E-state index >= 15 is 0 Å². The van der Waals surface area contributed by atoms with E-state index in [9.17, 15) is 4.79 Å². The molecule has 0 aromatic carbocycles. The SMILES string of the molecule is C[C@@H]1CN(C(=O)OC(C)(C)C)C[C@H]1COc1cnn(C)c1N. The van der Waals surface area contributed by atoms with Crippen molar-refractivity contribution in [3.8, 4) is 5.75 Å². The maximum Gasteiger partial charge on any atom is 0.410 e. The Kier molecular flexibility index (Phi) is 4.53. The van der Waals surface area contributed by atoms with Gasteiger partial charge in [0.05, 0.1) is 12.8 Å². The summed E-state index contributed by atoms with van der Waals surface area (Å²) in [4.78, 5) is 13.9. The first-order valence-corrected chi connectivity index (χ1v) is 7.55. The molecular formula is C15H26N4O3. The van der Waals surface area contributed by atoms with E-state index in [1.807, 2.05) is 20.8 Å². The van der Waals surface area contributed by atoms with E-state index in [-0.39, 0.29) is 12.0 Å². The second kappa shape index (κ2) is 6.06. The minimum atomic E-state index is -0.473. The predicted octanol–water partition coefficient (Wildman–Crippen LogP) is 1.88. The van der Waals surface area contributed by atoms with Gasteiger partial charge in [0.2, 0.25) is 0 Å². The molecule has 0 spiro atoms. The third-order valence-electron chi connectivity index (χ3n) is 3.82. The van der Waals surface area contributed by atoms with Crippen LogP contribution in [0, 0.1) is 11.8 Å². The van der Waals surface area contributed by atoms with E-state index in [4.69, 9.17) is 15.2 Å². The zero-order valence-corrected chi connectivity index (χ0v) is 14.0. The normalized spacial score (nSPS) is 22.0. The average Bonchev–Trinajstić information content (AvgIpc) is 2.91. The van der Waals surface area contributed by atoms with E-state index in [0.717, 1.165) is 0 Å². The zero-order valence-electron chi connectivity index (χ0n) is 14.0. The van der Waals surface area contributed by atoms with Gasteiger partial charge in [-0.25, -0.2) is 9.48 Å². The van der Waals surface area contributed by atoms with E-state index in [1.165, 1.54) is 0 Å². The Morgan fingerprint density at radius 2 is 2.14 bits per heavy atom. The summed E-state index contributed by atoms with van der Waals surface area (Å²) in [6.07, 6.45) is 1.35. The number of rotatable bonds is 3. The number of aromatic nitrogens is 2. The Hall–Kier alpha value is -1.92. The van der Waals surface area contributed by atoms with Gasteiger partial charge in [0.1, 0.15) is 5.60 Å². The van der Waals surface area contributed by atoms with Crippen molar-refractivity contribution in [2.45, 2.75) is 33.3 Å². The number of aryl methyl sites for hydroxylation is 1. The number of nitrogens with two attached hydrogens (primary N) is 1. The minimum absolute atomic E-state index is 0.257. The largest absolute Gasteiger partial charge is 0.488 e. The number of nitrogens with zero attached hydrogens (tertiary/aromatic N) is 3. The third-order valence-corrected chi connectivity index (χ3v) is 3.82. The zero-order chi connectivity index (χ0) is 16.5. The summed E-state index contributed by atoms with van der Waals surface area (Å²) in [6.45, 7) is 9.56. The lowest BCUT2D eigenvalue weighted by molar-refractivity contribution is 0.0282. The number of hydrogen-bond donors (Lipinski definition) is 1. The van der Waals surface area contributed by atoms with Crippen LogP contribution in [0.3, 0.4) is 0 Å². The lowest BCUT2D eigenvalue weighted by atomic mass is 9.99. The van der Waals surface area contributed by atoms with Crippen molar-refractivity contribution in [3.05, 3.63) is 6.20 Å². The lowest BCUT2D eigenvalue weighted by Crippen LogP contribution is -2.35. The molecule has 2 rings (SSSR count). The summed E-state index contributed by atoms with van der Waals surface area (Å²) < 4.78 is 12.7. The molecule has 2 N–H and O–H groups in total. The van der Waals surface area contributed by atoms with E-state index in [0.29, 0.717) is 37.2 Å². The summed E-state index contributed by atoms with van der Waals surface area (Å²) >= 11 is 0. The highest BCUT2D eigenvalue weighted by atomic mass is 16.6. The molecule has 1 aliphatic heterocycles. The van der Waals surface area contributed by atoms with Crippen LogP contribution in [-0.2, 0) is 11.8 Å². The van der Waals surface area contributed by atoms with Crippen molar-refractivity contribution in [1.29, 1.82) is 0 Å². The molecule has 0 unspecified atom stereocenters. The van der Waals surface area contributed by atoms with Crippen molar-refractivity contribution in [2.24, 2.45) is 18.9 Å². The standard InChI is InChI=1S/C15H26N4O3/c1-10-7-19(14(20)22-15(2,3)4)8-11(10)9-21-12-6-17-18(5)13(12)16/h6,10-11H,7-9,16H2,1-5H3/t10-,11+/m1/s1. The maximum atomic E-state index is 12.1. The number of likely N-dealkylation sites (tertiary alicyclic amines) is 1. The van der Waals surface area contributed by atoms with Crippen molar-refractivity contribution in [2.75, 3.05) is 25.4 Å². The van der Waals surface area contributed by atoms with Crippen LogP contribution >= 0.6 is 0 Å². The molecule has 1 amide bonds. The Morgan fingerprint density at radius 1 is 1.45 bits per heavy atom. The Balaban J connectivity index is 1.88. The molecule has 22 heavy (non-hydrogen) atoms. The number of carbonyl (C=O) groups excluding carboxylic acids is 1. The molecule has 1 saturated heterocycles. The summed E-state index contributed by atoms with van der Waals surface area (Å²) in [5.74, 6) is 1.71. The van der Waals surface area contributed by atoms with Crippen LogP contribution in [0.5, 0.6) is 5.75 Å². The Morgan fingerprint density at radius 3 is 2.68 bits per heavy atom. The molecule has 1 aromatic rings. The van der Waals surface area contributed by atoms with Crippen LogP contribution in [0.1, 0.15) is 27.7 Å². The van der Waals surface area contributed by atoms with Crippen LogP contribution in [0.2, 0.25) is 0 Å². The number of nitrogen functional groups attached to an aromatic ring is 1. The van der Waals surface area contributed by atoms with Crippen LogP contribution in [0.4, 0.5) is 10.6 Å². The fraction of sp³-hybridized carbons (Fsp3) is 0.733. The fourth-order valence-corrected chi connectivity index (χ4v) is 2.46. The third kappa shape index (κ3) is 3.84. The Labute approximate surface area is 131 Å². The van der Waals surface area contributed by atoms with Crippen molar-refractivity contribution >= 4 is 11.9 Å². The molecule has 124 valence electrons. The van der Waals surface area contributed by atoms with Crippen molar-refractivity contribution in [1.82, 2.24) is 14.7 Å². The molecular weight excluding hydrogens is 284 g/mol. The first-order valence-electron chi connectivity index (χ1n) is 7.55. The van der Waals surface area contributed by atoms with Crippen molar-refractivity contribution < 1.29 is 14.3 Å². The summed E-state index contributed by atoms with van der Waals surface area (Å²) in [7, 11) is 1.77. The van der Waals surface area contributed by atoms with E-state index < -0.39 is 5.60 Å². The summed E-state index contributed by atoms with van der Waals surface area (Å²) in [5.41, 5.74) is 5.38. The number of carbonyl (C=O) groups is 1. The second-order valence-corrected chi connectivity index (χ2v) is 6.95. The quantitative estimate of drug-likeness (QED) is 0.921. The highest BCUT2D eigenvalue weighted by molar-refractivity contribution is 5.68. The molecule has 7 nitrogen and oxygen atoms in total. The smallest absolute Gasteiger partial charge is 0.410 e. The molecule has 7 heteroatoms. The van der Waals surface area contributed by atoms with Crippen LogP contribution in [0.15, 0.2) is 6.20 Å². The Bertz CT molecular complexity index is 535. The van der Waals surface area contributed by atoms with Gasteiger partial charge in [0.15, 0.2) is 11.6 Å². The molecule has 1 aliphatic rings. The maximum absolute atomic E-state index is 12.1. The molecule has 1 aromatic heterocycles. The minimum Gasteiger partial charge on any atom is -0.488 e. The van der Waals surface area contributed by atoms with E-state index in [2.05, 4.69) is 12.0 Å². The van der Waals surface area contributed by atoms with Crippen LogP contribution < -0.4 is 10.5 Å². The first kappa shape index (κ1) is 16.5. The lowest BCUT2D eigenvalue weighted by Gasteiger charge is -2.24. The van der Waals surface area contributed by atoms with Gasteiger partial charge in [-0.05, 0) is 26.7 Å². The van der Waals surface area contributed by atoms with Gasteiger partial charge in [-0.3, -0.25) is 0 Å². The summed E-state index contributed by atoms with van der Waals surface area (Å²) in [5, 5.41) is 4.05. The van der Waals surface area contributed by atoms with Gasteiger partial charge in [-0.1, -0.05) is 6.92 Å². The van der Waals surface area contributed by atoms with Gasteiger partial charge >= 0.3 is 6.09 Å². The number of hydrogen-bond acceptors (Lipinski definition) is 5. The molecule has 0 bridgehead atoms. The summed E-state index contributed by atoms with van der Waals surface area (Å²) in [6, 6.07) is 0. The van der Waals surface area contributed by atoms with Crippen molar-refractivity contribution in [3.63, 3.8) is 0 Å². The van der Waals surface area contributed by atoms with Crippen LogP contribution in [-0.4, -0.2) is 46.1 Å². The van der Waals surface area contributed by atoms with E-state index in [1.54, 1.807) is 22.8 Å². The first-order chi connectivity index (χ1) is 10.2. The molecule has 0 radical (unpaired) electrons. The molecule has 0 aliphatic carbocycles. The number of ether oxygens (including phenoxy) is 2. The highest BCUT2D eigenvalue weighted by Gasteiger charge is 2.35. The van der Waals surface area contributed by atoms with Crippen LogP contribution in [0.25, 0.3) is 0 Å². The van der Waals surface area contributed by atoms with Gasteiger partial charge in [-0.15, -0.1) is 0 Å². The monoisotopic (exact) mass is 310 g/mol. The average molecular weight is 310 g/mol. The number of amides is 1. The molecule has 2 atom stereocenters. The fourth-order valence-electron chi connectivity index (χ4n) is 2.46. The number of anilines is 1. The van der Waals surface area contributed by atoms with Gasteiger partial charge in [0, 0.05) is 26.1 Å². The van der Waals surface area contributed by atoms with Gasteiger partial charge in [0.25, 0.3) is 0 Å². The van der Waals surface area contributed by atoms with Gasteiger partial charge < -0.3 is 20.1 Å². The highest BCUT2D eigenvalue weighted by Crippen LogP contribution is 2.27. The van der Waals surface area contributed by atoms with Gasteiger partial charge in [-0.2, -0.15) is 5.10 Å². The predicted molar refractivity (Wildman–Crippen MR) is 83.6 cm³/mol. The molecule has 1 fully saturated rings. The molecule has 0 saturated carbocycles. The second-order valence-electron chi connectivity index (χ2n) is 6.95. The topological polar surface area (TPSA) is 82.6 Å². The molecule has 2 heterocycles.